The summed E-state index contributed by atoms with van der Waals surface area (Å²) in [5.74, 6) is 0.783. The van der Waals surface area contributed by atoms with Crippen molar-refractivity contribution in [2.45, 2.75) is 31.1 Å². The van der Waals surface area contributed by atoms with E-state index in [1.165, 1.54) is 0 Å². The Balaban J connectivity index is 1.66. The van der Waals surface area contributed by atoms with Crippen molar-refractivity contribution in [1.82, 2.24) is 0 Å². The molecular weight excluding hydrogens is 361 g/mol. The predicted molar refractivity (Wildman–Crippen MR) is 99.3 cm³/mol. The van der Waals surface area contributed by atoms with Crippen LogP contribution in [0.2, 0.25) is 10.0 Å². The van der Waals surface area contributed by atoms with E-state index in [9.17, 15) is 5.11 Å². The molecule has 4 nitrogen and oxygen atoms in total. The van der Waals surface area contributed by atoms with Gasteiger partial charge in [-0.15, -0.1) is 0 Å². The Morgan fingerprint density at radius 2 is 1.64 bits per heavy atom. The molecule has 0 saturated carbocycles. The molecule has 25 heavy (non-hydrogen) atoms. The van der Waals surface area contributed by atoms with Crippen LogP contribution in [0.25, 0.3) is 0 Å². The fourth-order valence-corrected chi connectivity index (χ4v) is 3.15. The minimum absolute atomic E-state index is 0.183. The van der Waals surface area contributed by atoms with Crippen LogP contribution in [0.15, 0.2) is 42.5 Å². The minimum atomic E-state index is -0.852. The molecule has 0 spiro atoms. The molecule has 0 unspecified atom stereocenters. The molecule has 0 aliphatic carbocycles. The van der Waals surface area contributed by atoms with Gasteiger partial charge in [-0.2, -0.15) is 0 Å². The first-order valence-corrected chi connectivity index (χ1v) is 9.03. The van der Waals surface area contributed by atoms with E-state index in [-0.39, 0.29) is 6.10 Å². The summed E-state index contributed by atoms with van der Waals surface area (Å²) >= 11 is 11.9. The van der Waals surface area contributed by atoms with Crippen LogP contribution >= 0.6 is 23.2 Å². The van der Waals surface area contributed by atoms with Gasteiger partial charge < -0.3 is 20.3 Å². The van der Waals surface area contributed by atoms with E-state index >= 15 is 0 Å². The van der Waals surface area contributed by atoms with Crippen molar-refractivity contribution in [2.24, 2.45) is 5.73 Å². The van der Waals surface area contributed by atoms with Crippen LogP contribution in [0, 0.1) is 0 Å². The van der Waals surface area contributed by atoms with E-state index in [2.05, 4.69) is 0 Å². The van der Waals surface area contributed by atoms with Crippen molar-refractivity contribution >= 4 is 23.2 Å². The average molecular weight is 382 g/mol. The molecule has 2 aromatic rings. The monoisotopic (exact) mass is 381 g/mol. The third-order valence-electron chi connectivity index (χ3n) is 4.36. The Morgan fingerprint density at radius 3 is 2.28 bits per heavy atom. The molecule has 3 N–H and O–H groups in total. The van der Waals surface area contributed by atoms with Gasteiger partial charge in [-0.3, -0.25) is 0 Å². The molecule has 3 rings (SSSR count). The largest absolute Gasteiger partial charge is 0.490 e. The highest BCUT2D eigenvalue weighted by Crippen LogP contribution is 2.31. The molecule has 1 fully saturated rings. The van der Waals surface area contributed by atoms with E-state index in [4.69, 9.17) is 38.4 Å². The molecular formula is C19H21Cl2NO3. The third kappa shape index (κ3) is 4.66. The summed E-state index contributed by atoms with van der Waals surface area (Å²) in [6, 6.07) is 11.9. The summed E-state index contributed by atoms with van der Waals surface area (Å²) in [5, 5.41) is 11.4. The zero-order valence-electron chi connectivity index (χ0n) is 13.7. The van der Waals surface area contributed by atoms with E-state index in [1.54, 1.807) is 18.2 Å². The van der Waals surface area contributed by atoms with Gasteiger partial charge in [0, 0.05) is 12.8 Å². The lowest BCUT2D eigenvalue weighted by Crippen LogP contribution is -2.25. The number of hydrogen-bond acceptors (Lipinski definition) is 4. The fourth-order valence-electron chi connectivity index (χ4n) is 2.84. The molecule has 2 atom stereocenters. The van der Waals surface area contributed by atoms with Gasteiger partial charge in [0.1, 0.15) is 11.9 Å². The number of ether oxygens (including phenoxy) is 2. The molecule has 1 aliphatic rings. The number of benzene rings is 2. The van der Waals surface area contributed by atoms with Gasteiger partial charge in [-0.05, 0) is 35.4 Å². The zero-order valence-corrected chi connectivity index (χ0v) is 15.2. The number of nitrogens with two attached hydrogens (primary N) is 1. The second-order valence-electron chi connectivity index (χ2n) is 6.14. The number of aliphatic hydroxyl groups is 1. The smallest absolute Gasteiger partial charge is 0.119 e. The van der Waals surface area contributed by atoms with Crippen molar-refractivity contribution in [3.8, 4) is 5.75 Å². The molecule has 0 amide bonds. The number of hydrogen-bond donors (Lipinski definition) is 2. The maximum absolute atomic E-state index is 10.6. The second-order valence-corrected chi connectivity index (χ2v) is 6.96. The third-order valence-corrected chi connectivity index (χ3v) is 5.10. The first-order valence-electron chi connectivity index (χ1n) is 8.27. The highest BCUT2D eigenvalue weighted by molar-refractivity contribution is 6.42. The summed E-state index contributed by atoms with van der Waals surface area (Å²) in [7, 11) is 0. The van der Waals surface area contributed by atoms with Crippen LogP contribution in [0.3, 0.4) is 0 Å². The standard InChI is InChI=1S/C19H21Cl2NO3/c20-16-6-3-13(11-17(16)21)18(22)19(23)12-1-4-14(5-2-12)25-15-7-9-24-10-8-15/h1-6,11,15,18-19,23H,7-10,22H2/t18-,19+/m1/s1. The Labute approximate surface area is 157 Å². The molecule has 134 valence electrons. The summed E-state index contributed by atoms with van der Waals surface area (Å²) in [4.78, 5) is 0. The molecule has 2 aromatic carbocycles. The van der Waals surface area contributed by atoms with E-state index in [0.29, 0.717) is 10.0 Å². The normalized spacial score (nSPS) is 17.9. The van der Waals surface area contributed by atoms with Gasteiger partial charge in [0.15, 0.2) is 0 Å². The summed E-state index contributed by atoms with van der Waals surface area (Å²) in [6.45, 7) is 1.47. The Hall–Kier alpha value is -1.30. The lowest BCUT2D eigenvalue weighted by Gasteiger charge is -2.24. The molecule has 0 radical (unpaired) electrons. The maximum atomic E-state index is 10.6. The van der Waals surface area contributed by atoms with Crippen LogP contribution in [0.1, 0.15) is 36.1 Å². The molecule has 0 aromatic heterocycles. The predicted octanol–water partition coefficient (Wildman–Crippen LogP) is 4.28. The highest BCUT2D eigenvalue weighted by atomic mass is 35.5. The zero-order chi connectivity index (χ0) is 17.8. The van der Waals surface area contributed by atoms with Crippen molar-refractivity contribution in [3.05, 3.63) is 63.6 Å². The van der Waals surface area contributed by atoms with E-state index in [1.807, 2.05) is 24.3 Å². The van der Waals surface area contributed by atoms with Crippen molar-refractivity contribution in [1.29, 1.82) is 0 Å². The second kappa shape index (κ2) is 8.39. The highest BCUT2D eigenvalue weighted by Gasteiger charge is 2.20. The topological polar surface area (TPSA) is 64.7 Å². The Morgan fingerprint density at radius 1 is 1.00 bits per heavy atom. The quantitative estimate of drug-likeness (QED) is 0.810. The van der Waals surface area contributed by atoms with Crippen molar-refractivity contribution in [3.63, 3.8) is 0 Å². The Kier molecular flexibility index (Phi) is 6.20. The van der Waals surface area contributed by atoms with Gasteiger partial charge in [0.05, 0.1) is 35.4 Å². The van der Waals surface area contributed by atoms with Crippen LogP contribution in [-0.4, -0.2) is 24.4 Å². The van der Waals surface area contributed by atoms with E-state index < -0.39 is 12.1 Å². The van der Waals surface area contributed by atoms with Crippen LogP contribution in [-0.2, 0) is 4.74 Å². The van der Waals surface area contributed by atoms with Crippen molar-refractivity contribution < 1.29 is 14.6 Å². The van der Waals surface area contributed by atoms with Gasteiger partial charge in [-0.25, -0.2) is 0 Å². The molecule has 1 saturated heterocycles. The van der Waals surface area contributed by atoms with Gasteiger partial charge in [0.25, 0.3) is 0 Å². The number of rotatable bonds is 5. The molecule has 6 heteroatoms. The summed E-state index contributed by atoms with van der Waals surface area (Å²) in [6.07, 6.45) is 1.12. The molecule has 1 heterocycles. The summed E-state index contributed by atoms with van der Waals surface area (Å²) < 4.78 is 11.3. The maximum Gasteiger partial charge on any atom is 0.119 e. The lowest BCUT2D eigenvalue weighted by atomic mass is 9.96. The Bertz CT molecular complexity index is 702. The van der Waals surface area contributed by atoms with Crippen LogP contribution in [0.5, 0.6) is 5.75 Å². The van der Waals surface area contributed by atoms with Crippen LogP contribution in [0.4, 0.5) is 0 Å². The summed E-state index contributed by atoms with van der Waals surface area (Å²) in [5.41, 5.74) is 7.63. The number of halogens is 2. The average Bonchev–Trinajstić information content (AvgIpc) is 2.64. The minimum Gasteiger partial charge on any atom is -0.490 e. The first-order chi connectivity index (χ1) is 12.0. The lowest BCUT2D eigenvalue weighted by molar-refractivity contribution is 0.0255. The van der Waals surface area contributed by atoms with Crippen LogP contribution < -0.4 is 10.5 Å². The number of aliphatic hydroxyl groups excluding tert-OH is 1. The van der Waals surface area contributed by atoms with Gasteiger partial charge in [0.2, 0.25) is 0 Å². The van der Waals surface area contributed by atoms with E-state index in [0.717, 1.165) is 42.9 Å². The molecule has 1 aliphatic heterocycles. The van der Waals surface area contributed by atoms with Gasteiger partial charge >= 0.3 is 0 Å². The first kappa shape index (κ1) is 18.5. The SMILES string of the molecule is N[C@H](c1ccc(Cl)c(Cl)c1)[C@@H](O)c1ccc(OC2CCOCC2)cc1. The van der Waals surface area contributed by atoms with Gasteiger partial charge in [-0.1, -0.05) is 41.4 Å². The molecule has 0 bridgehead atoms. The van der Waals surface area contributed by atoms with Crippen molar-refractivity contribution in [2.75, 3.05) is 13.2 Å². The fraction of sp³-hybridized carbons (Fsp3) is 0.368.